The van der Waals surface area contributed by atoms with E-state index in [1.807, 2.05) is 0 Å². The number of likely N-dealkylation sites (tertiary alicyclic amines) is 1. The van der Waals surface area contributed by atoms with Crippen molar-refractivity contribution < 1.29 is 0 Å². The first kappa shape index (κ1) is 14.0. The molecule has 1 saturated heterocycles. The van der Waals surface area contributed by atoms with Crippen LogP contribution in [0.15, 0.2) is 5.38 Å². The van der Waals surface area contributed by atoms with E-state index in [9.17, 15) is 0 Å². The van der Waals surface area contributed by atoms with Gasteiger partial charge in [-0.2, -0.15) is 0 Å². The molecule has 18 heavy (non-hydrogen) atoms. The molecule has 3 nitrogen and oxygen atoms in total. The van der Waals surface area contributed by atoms with Gasteiger partial charge in [0.1, 0.15) is 0 Å². The first-order chi connectivity index (χ1) is 8.60. The van der Waals surface area contributed by atoms with Crippen LogP contribution in [0.4, 0.5) is 0 Å². The summed E-state index contributed by atoms with van der Waals surface area (Å²) < 4.78 is 0. The summed E-state index contributed by atoms with van der Waals surface area (Å²) in [6.07, 6.45) is 2.31. The van der Waals surface area contributed by atoms with Gasteiger partial charge >= 0.3 is 0 Å². The summed E-state index contributed by atoms with van der Waals surface area (Å²) in [7, 11) is 0. The van der Waals surface area contributed by atoms with E-state index in [1.165, 1.54) is 17.1 Å². The molecule has 1 aliphatic rings. The highest BCUT2D eigenvalue weighted by molar-refractivity contribution is 7.09. The molecule has 2 N–H and O–H groups in total. The fourth-order valence-electron chi connectivity index (χ4n) is 2.59. The maximum Gasteiger partial charge on any atom is 0.0954 e. The summed E-state index contributed by atoms with van der Waals surface area (Å²) in [6, 6.07) is 0.396. The first-order valence-corrected chi connectivity index (χ1v) is 7.90. The number of hydrogen-bond acceptors (Lipinski definition) is 4. The minimum Gasteiger partial charge on any atom is -0.327 e. The smallest absolute Gasteiger partial charge is 0.0954 e. The van der Waals surface area contributed by atoms with Gasteiger partial charge in [0.2, 0.25) is 0 Å². The van der Waals surface area contributed by atoms with E-state index in [4.69, 9.17) is 10.7 Å². The van der Waals surface area contributed by atoms with Gasteiger partial charge in [-0.25, -0.2) is 4.98 Å². The molecule has 102 valence electrons. The molecule has 1 fully saturated rings. The van der Waals surface area contributed by atoms with Crippen molar-refractivity contribution in [3.05, 3.63) is 16.1 Å². The van der Waals surface area contributed by atoms with E-state index in [0.29, 0.717) is 17.9 Å². The second kappa shape index (κ2) is 6.13. The van der Waals surface area contributed by atoms with E-state index in [-0.39, 0.29) is 0 Å². The summed E-state index contributed by atoms with van der Waals surface area (Å²) >= 11 is 1.79. The van der Waals surface area contributed by atoms with E-state index in [2.05, 4.69) is 31.1 Å². The largest absolute Gasteiger partial charge is 0.327 e. The predicted octanol–water partition coefficient (Wildman–Crippen LogP) is 2.83. The molecule has 0 bridgehead atoms. The van der Waals surface area contributed by atoms with Crippen LogP contribution in [0.25, 0.3) is 0 Å². The third-order valence-corrected chi connectivity index (χ3v) is 5.04. The summed E-state index contributed by atoms with van der Waals surface area (Å²) in [5, 5.41) is 3.47. The molecule has 4 heteroatoms. The Morgan fingerprint density at radius 2 is 2.33 bits per heavy atom. The average Bonchev–Trinajstić information content (AvgIpc) is 2.80. The number of rotatable bonds is 4. The minimum atomic E-state index is 0.396. The van der Waals surface area contributed by atoms with Crippen LogP contribution >= 0.6 is 11.3 Å². The van der Waals surface area contributed by atoms with Crippen molar-refractivity contribution in [3.63, 3.8) is 0 Å². The highest BCUT2D eigenvalue weighted by atomic mass is 32.1. The Morgan fingerprint density at radius 3 is 2.94 bits per heavy atom. The maximum atomic E-state index is 6.15. The van der Waals surface area contributed by atoms with Gasteiger partial charge in [-0.3, -0.25) is 4.90 Å². The van der Waals surface area contributed by atoms with Crippen LogP contribution in [0, 0.1) is 5.92 Å². The lowest BCUT2D eigenvalue weighted by atomic mass is 9.91. The Bertz CT molecular complexity index is 375. The van der Waals surface area contributed by atoms with Gasteiger partial charge in [0.15, 0.2) is 0 Å². The average molecular weight is 267 g/mol. The van der Waals surface area contributed by atoms with Crippen LogP contribution in [0.5, 0.6) is 0 Å². The lowest BCUT2D eigenvalue weighted by Crippen LogP contribution is -2.46. The van der Waals surface area contributed by atoms with Crippen LogP contribution < -0.4 is 5.73 Å². The van der Waals surface area contributed by atoms with Crippen LogP contribution in [0.3, 0.4) is 0 Å². The first-order valence-electron chi connectivity index (χ1n) is 7.02. The van der Waals surface area contributed by atoms with Gasteiger partial charge < -0.3 is 5.73 Å². The molecule has 2 heterocycles. The lowest BCUT2D eigenvalue weighted by molar-refractivity contribution is 0.144. The number of hydrogen-bond donors (Lipinski definition) is 1. The molecule has 1 aliphatic heterocycles. The molecule has 1 aromatic heterocycles. The molecule has 0 amide bonds. The zero-order chi connectivity index (χ0) is 13.1. The van der Waals surface area contributed by atoms with Gasteiger partial charge in [0.05, 0.1) is 10.7 Å². The zero-order valence-electron chi connectivity index (χ0n) is 11.7. The fraction of sp³-hybridized carbons (Fsp3) is 0.786. The van der Waals surface area contributed by atoms with Crippen molar-refractivity contribution >= 4 is 11.3 Å². The normalized spacial score (nSPS) is 25.8. The minimum absolute atomic E-state index is 0.396. The predicted molar refractivity (Wildman–Crippen MR) is 77.9 cm³/mol. The molecule has 2 atom stereocenters. The summed E-state index contributed by atoms with van der Waals surface area (Å²) in [5.74, 6) is 1.20. The molecular formula is C14H25N3S. The maximum absolute atomic E-state index is 6.15. The molecule has 0 aromatic carbocycles. The molecule has 2 unspecified atom stereocenters. The van der Waals surface area contributed by atoms with Crippen molar-refractivity contribution in [1.82, 2.24) is 9.88 Å². The van der Waals surface area contributed by atoms with E-state index >= 15 is 0 Å². The van der Waals surface area contributed by atoms with Gasteiger partial charge in [-0.15, -0.1) is 11.3 Å². The van der Waals surface area contributed by atoms with Crippen LogP contribution in [-0.4, -0.2) is 29.0 Å². The Morgan fingerprint density at radius 1 is 1.56 bits per heavy atom. The third-order valence-electron chi connectivity index (χ3n) is 3.85. The van der Waals surface area contributed by atoms with Gasteiger partial charge in [-0.1, -0.05) is 27.2 Å². The van der Waals surface area contributed by atoms with Crippen LogP contribution in [-0.2, 0) is 6.54 Å². The van der Waals surface area contributed by atoms with Crippen molar-refractivity contribution in [2.75, 3.05) is 13.1 Å². The SMILES string of the molecule is CCC1CN(Cc2csc(C(C)C)n2)CCC1N. The van der Waals surface area contributed by atoms with E-state index < -0.39 is 0 Å². The highest BCUT2D eigenvalue weighted by Crippen LogP contribution is 2.23. The van der Waals surface area contributed by atoms with Crippen LogP contribution in [0.1, 0.15) is 50.2 Å². The number of piperidine rings is 1. The lowest BCUT2D eigenvalue weighted by Gasteiger charge is -2.36. The van der Waals surface area contributed by atoms with Crippen molar-refractivity contribution in [2.45, 2.75) is 52.1 Å². The number of nitrogens with zero attached hydrogens (tertiary/aromatic N) is 2. The standard InChI is InChI=1S/C14H25N3S/c1-4-11-7-17(6-5-13(11)15)8-12-9-18-14(16-12)10(2)3/h9-11,13H,4-8,15H2,1-3H3. The van der Waals surface area contributed by atoms with Crippen molar-refractivity contribution in [3.8, 4) is 0 Å². The zero-order valence-corrected chi connectivity index (χ0v) is 12.5. The van der Waals surface area contributed by atoms with E-state index in [0.717, 1.165) is 26.1 Å². The van der Waals surface area contributed by atoms with Crippen LogP contribution in [0.2, 0.25) is 0 Å². The summed E-state index contributed by atoms with van der Waals surface area (Å²) in [6.45, 7) is 9.89. The Labute approximate surface area is 114 Å². The molecule has 0 radical (unpaired) electrons. The fourth-order valence-corrected chi connectivity index (χ4v) is 3.42. The molecular weight excluding hydrogens is 242 g/mol. The van der Waals surface area contributed by atoms with Gasteiger partial charge in [-0.05, 0) is 12.3 Å². The highest BCUT2D eigenvalue weighted by Gasteiger charge is 2.25. The van der Waals surface area contributed by atoms with Gasteiger partial charge in [0, 0.05) is 37.0 Å². The molecule has 0 aliphatic carbocycles. The molecule has 0 spiro atoms. The molecule has 0 saturated carbocycles. The monoisotopic (exact) mass is 267 g/mol. The number of thiazole rings is 1. The molecule has 2 rings (SSSR count). The summed E-state index contributed by atoms with van der Waals surface area (Å²) in [4.78, 5) is 7.23. The Hall–Kier alpha value is -0.450. The Balaban J connectivity index is 1.92. The summed E-state index contributed by atoms with van der Waals surface area (Å²) in [5.41, 5.74) is 7.38. The van der Waals surface area contributed by atoms with Crippen molar-refractivity contribution in [1.29, 1.82) is 0 Å². The third kappa shape index (κ3) is 3.31. The Kier molecular flexibility index (Phi) is 4.76. The number of aromatic nitrogens is 1. The van der Waals surface area contributed by atoms with Crippen molar-refractivity contribution in [2.24, 2.45) is 11.7 Å². The molecule has 1 aromatic rings. The topological polar surface area (TPSA) is 42.2 Å². The second-order valence-corrected chi connectivity index (χ2v) is 6.58. The van der Waals surface area contributed by atoms with Gasteiger partial charge in [0.25, 0.3) is 0 Å². The second-order valence-electron chi connectivity index (χ2n) is 5.69. The number of nitrogens with two attached hydrogens (primary N) is 1. The quantitative estimate of drug-likeness (QED) is 0.912. The van der Waals surface area contributed by atoms with E-state index in [1.54, 1.807) is 11.3 Å².